The van der Waals surface area contributed by atoms with Crippen molar-refractivity contribution in [1.29, 1.82) is 0 Å². The Kier molecular flexibility index (Phi) is 2.96. The average molecular weight is 262 g/mol. The molecule has 1 nitrogen and oxygen atoms in total. The van der Waals surface area contributed by atoms with Gasteiger partial charge in [0.15, 0.2) is 0 Å². The van der Waals surface area contributed by atoms with Crippen LogP contribution in [0.25, 0.3) is 10.8 Å². The number of benzene rings is 2. The van der Waals surface area contributed by atoms with Gasteiger partial charge in [0.25, 0.3) is 0 Å². The summed E-state index contributed by atoms with van der Waals surface area (Å²) in [6.07, 6.45) is 0. The van der Waals surface area contributed by atoms with Crippen LogP contribution in [0, 0.1) is 0 Å². The molecule has 0 aliphatic rings. The minimum Gasteiger partial charge on any atom is -0.445 e. The highest BCUT2D eigenvalue weighted by Crippen LogP contribution is 2.34. The molecule has 0 aliphatic carbocycles. The Labute approximate surface area is 103 Å². The van der Waals surface area contributed by atoms with Gasteiger partial charge in [-0.3, -0.25) is 0 Å². The third kappa shape index (κ3) is 2.69. The summed E-state index contributed by atoms with van der Waals surface area (Å²) in [5.74, 6) is 0.563. The third-order valence-corrected chi connectivity index (χ3v) is 2.21. The smallest absolute Gasteiger partial charge is 0.338 e. The number of rotatable bonds is 1. The minimum absolute atomic E-state index is 0.563. The standard InChI is InChI=1S/C11H7Cl3O/c12-11(13,14)15-10-7-3-5-8-4-1-2-6-9(8)10/h1-7H. The van der Waals surface area contributed by atoms with Gasteiger partial charge in [0, 0.05) is 5.39 Å². The molecule has 2 aromatic carbocycles. The molecule has 15 heavy (non-hydrogen) atoms. The van der Waals surface area contributed by atoms with Crippen LogP contribution in [0.5, 0.6) is 5.75 Å². The van der Waals surface area contributed by atoms with Crippen molar-refractivity contribution in [1.82, 2.24) is 0 Å². The first-order valence-corrected chi connectivity index (χ1v) is 5.43. The molecule has 0 bridgehead atoms. The highest BCUT2D eigenvalue weighted by molar-refractivity contribution is 6.66. The van der Waals surface area contributed by atoms with Gasteiger partial charge in [0.05, 0.1) is 0 Å². The van der Waals surface area contributed by atoms with Crippen molar-refractivity contribution in [2.24, 2.45) is 0 Å². The number of alkyl halides is 3. The summed E-state index contributed by atoms with van der Waals surface area (Å²) in [6.45, 7) is 0. The molecule has 2 aromatic rings. The second-order valence-electron chi connectivity index (χ2n) is 3.03. The molecule has 4 heteroatoms. The summed E-state index contributed by atoms with van der Waals surface area (Å²) in [5.41, 5.74) is 0. The summed E-state index contributed by atoms with van der Waals surface area (Å²) in [5, 5.41) is 1.97. The fourth-order valence-electron chi connectivity index (χ4n) is 1.41. The van der Waals surface area contributed by atoms with Gasteiger partial charge in [-0.25, -0.2) is 0 Å². The maximum absolute atomic E-state index is 5.58. The zero-order valence-corrected chi connectivity index (χ0v) is 9.85. The van der Waals surface area contributed by atoms with E-state index in [1.54, 1.807) is 6.07 Å². The third-order valence-electron chi connectivity index (χ3n) is 1.98. The van der Waals surface area contributed by atoms with Gasteiger partial charge in [-0.2, -0.15) is 0 Å². The molecule has 0 radical (unpaired) electrons. The average Bonchev–Trinajstić information content (AvgIpc) is 2.16. The van der Waals surface area contributed by atoms with E-state index >= 15 is 0 Å². The number of hydrogen-bond acceptors (Lipinski definition) is 1. The molecule has 2 rings (SSSR count). The molecule has 78 valence electrons. The minimum atomic E-state index is -1.73. The number of hydrogen-bond donors (Lipinski definition) is 0. The van der Waals surface area contributed by atoms with E-state index in [4.69, 9.17) is 39.5 Å². The zero-order valence-electron chi connectivity index (χ0n) is 7.58. The predicted octanol–water partition coefficient (Wildman–Crippen LogP) is 4.55. The van der Waals surface area contributed by atoms with Crippen LogP contribution in [0.4, 0.5) is 0 Å². The van der Waals surface area contributed by atoms with Crippen LogP contribution in [0.3, 0.4) is 0 Å². The summed E-state index contributed by atoms with van der Waals surface area (Å²) in [4.78, 5) is 0. The van der Waals surface area contributed by atoms with E-state index in [0.717, 1.165) is 10.8 Å². The SMILES string of the molecule is ClC(Cl)(Cl)Oc1cccc2ccccc12. The lowest BCUT2D eigenvalue weighted by molar-refractivity contribution is 0.324. The first-order chi connectivity index (χ1) is 7.06. The predicted molar refractivity (Wildman–Crippen MR) is 64.9 cm³/mol. The lowest BCUT2D eigenvalue weighted by atomic mass is 10.1. The van der Waals surface area contributed by atoms with E-state index in [0.29, 0.717) is 5.75 Å². The highest BCUT2D eigenvalue weighted by atomic mass is 35.6. The highest BCUT2D eigenvalue weighted by Gasteiger charge is 2.22. The van der Waals surface area contributed by atoms with Crippen LogP contribution in [-0.4, -0.2) is 3.98 Å². The first-order valence-electron chi connectivity index (χ1n) is 4.30. The summed E-state index contributed by atoms with van der Waals surface area (Å²) in [7, 11) is 0. The van der Waals surface area contributed by atoms with Crippen molar-refractivity contribution in [2.45, 2.75) is 3.98 Å². The van der Waals surface area contributed by atoms with Crippen molar-refractivity contribution in [3.63, 3.8) is 0 Å². The van der Waals surface area contributed by atoms with Crippen LogP contribution in [0.2, 0.25) is 0 Å². The molecule has 0 fully saturated rings. The Hall–Kier alpha value is -0.630. The van der Waals surface area contributed by atoms with E-state index < -0.39 is 3.98 Å². The Balaban J connectivity index is 2.52. The van der Waals surface area contributed by atoms with Crippen molar-refractivity contribution in [3.05, 3.63) is 42.5 Å². The zero-order chi connectivity index (χ0) is 10.9. The number of fused-ring (bicyclic) bond motifs is 1. The first kappa shape index (κ1) is 10.9. The van der Waals surface area contributed by atoms with Gasteiger partial charge >= 0.3 is 3.98 Å². The van der Waals surface area contributed by atoms with Gasteiger partial charge in [-0.15, -0.1) is 0 Å². The second-order valence-corrected chi connectivity index (χ2v) is 5.20. The normalized spacial score (nSPS) is 11.7. The Bertz CT molecular complexity index is 471. The molecule has 0 spiro atoms. The molecule has 0 atom stereocenters. The van der Waals surface area contributed by atoms with Crippen LogP contribution in [-0.2, 0) is 0 Å². The molecule has 0 N–H and O–H groups in total. The van der Waals surface area contributed by atoms with Crippen LogP contribution < -0.4 is 4.74 Å². The van der Waals surface area contributed by atoms with Crippen molar-refractivity contribution < 1.29 is 4.74 Å². The molecule has 0 aliphatic heterocycles. The summed E-state index contributed by atoms with van der Waals surface area (Å²) in [6, 6.07) is 13.3. The van der Waals surface area contributed by atoms with Crippen LogP contribution in [0.15, 0.2) is 42.5 Å². The van der Waals surface area contributed by atoms with Gasteiger partial charge in [0.2, 0.25) is 0 Å². The Morgan fingerprint density at radius 1 is 0.867 bits per heavy atom. The maximum atomic E-state index is 5.58. The molecule has 0 unspecified atom stereocenters. The van der Waals surface area contributed by atoms with Gasteiger partial charge < -0.3 is 4.74 Å². The molecule has 0 saturated carbocycles. The molecule has 0 heterocycles. The molecule has 0 aromatic heterocycles. The van der Waals surface area contributed by atoms with Gasteiger partial charge in [-0.1, -0.05) is 36.4 Å². The summed E-state index contributed by atoms with van der Waals surface area (Å²) < 4.78 is 3.48. The fraction of sp³-hybridized carbons (Fsp3) is 0.0909. The number of ether oxygens (including phenoxy) is 1. The second kappa shape index (κ2) is 4.09. The molecule has 0 amide bonds. The largest absolute Gasteiger partial charge is 0.445 e. The van der Waals surface area contributed by atoms with E-state index in [2.05, 4.69) is 0 Å². The molecular formula is C11H7Cl3O. The van der Waals surface area contributed by atoms with Crippen molar-refractivity contribution in [2.75, 3.05) is 0 Å². The van der Waals surface area contributed by atoms with Crippen LogP contribution >= 0.6 is 34.8 Å². The number of halogens is 3. The topological polar surface area (TPSA) is 9.23 Å². The lowest BCUT2D eigenvalue weighted by Gasteiger charge is -2.15. The van der Waals surface area contributed by atoms with Gasteiger partial charge in [-0.05, 0) is 46.3 Å². The van der Waals surface area contributed by atoms with Crippen LogP contribution in [0.1, 0.15) is 0 Å². The van der Waals surface area contributed by atoms with Crippen molar-refractivity contribution >= 4 is 45.6 Å². The lowest BCUT2D eigenvalue weighted by Crippen LogP contribution is -2.12. The Morgan fingerprint density at radius 2 is 1.53 bits per heavy atom. The van der Waals surface area contributed by atoms with E-state index in [-0.39, 0.29) is 0 Å². The van der Waals surface area contributed by atoms with E-state index in [1.807, 2.05) is 36.4 Å². The summed E-state index contributed by atoms with van der Waals surface area (Å²) >= 11 is 16.7. The molecular weight excluding hydrogens is 254 g/mol. The van der Waals surface area contributed by atoms with Gasteiger partial charge in [0.1, 0.15) is 5.75 Å². The Morgan fingerprint density at radius 3 is 2.27 bits per heavy atom. The van der Waals surface area contributed by atoms with E-state index in [9.17, 15) is 0 Å². The quantitative estimate of drug-likeness (QED) is 0.685. The van der Waals surface area contributed by atoms with Crippen molar-refractivity contribution in [3.8, 4) is 5.75 Å². The monoisotopic (exact) mass is 260 g/mol. The fourth-order valence-corrected chi connectivity index (χ4v) is 1.66. The molecule has 0 saturated heterocycles. The maximum Gasteiger partial charge on any atom is 0.338 e. The van der Waals surface area contributed by atoms with E-state index in [1.165, 1.54) is 0 Å².